The first-order valence-electron chi connectivity index (χ1n) is 6.45. The summed E-state index contributed by atoms with van der Waals surface area (Å²) in [4.78, 5) is 12.1. The van der Waals surface area contributed by atoms with Gasteiger partial charge in [0.1, 0.15) is 5.75 Å². The molecule has 0 saturated heterocycles. The van der Waals surface area contributed by atoms with E-state index in [-0.39, 0.29) is 11.4 Å². The van der Waals surface area contributed by atoms with Crippen LogP contribution in [0.5, 0.6) is 5.75 Å². The number of phenolic OH excluding ortho intramolecular Hbond substituents is 1. The molecular formula is C16H11ClN2O3. The van der Waals surface area contributed by atoms with Crippen molar-refractivity contribution in [3.63, 3.8) is 0 Å². The molecule has 0 aliphatic rings. The van der Waals surface area contributed by atoms with Gasteiger partial charge in [-0.1, -0.05) is 22.8 Å². The Labute approximate surface area is 131 Å². The highest BCUT2D eigenvalue weighted by Crippen LogP contribution is 2.23. The molecule has 1 amide bonds. The topological polar surface area (TPSA) is 75.4 Å². The molecule has 0 fully saturated rings. The zero-order valence-corrected chi connectivity index (χ0v) is 12.0. The molecule has 0 bridgehead atoms. The second-order valence-corrected chi connectivity index (χ2v) is 5.02. The van der Waals surface area contributed by atoms with Crippen LogP contribution in [0.1, 0.15) is 10.5 Å². The molecule has 0 saturated carbocycles. The average molecular weight is 315 g/mol. The molecule has 1 heterocycles. The highest BCUT2D eigenvalue weighted by atomic mass is 35.5. The van der Waals surface area contributed by atoms with Gasteiger partial charge in [-0.2, -0.15) is 0 Å². The molecule has 5 nitrogen and oxygen atoms in total. The Hall–Kier alpha value is -2.79. The van der Waals surface area contributed by atoms with Gasteiger partial charge < -0.3 is 14.9 Å². The van der Waals surface area contributed by atoms with Crippen molar-refractivity contribution in [1.29, 1.82) is 0 Å². The van der Waals surface area contributed by atoms with Gasteiger partial charge >= 0.3 is 0 Å². The molecule has 2 N–H and O–H groups in total. The van der Waals surface area contributed by atoms with E-state index >= 15 is 0 Å². The zero-order chi connectivity index (χ0) is 15.5. The second kappa shape index (κ2) is 5.91. The number of halogens is 1. The van der Waals surface area contributed by atoms with Crippen LogP contribution in [0.2, 0.25) is 5.02 Å². The molecule has 0 atom stereocenters. The van der Waals surface area contributed by atoms with Crippen LogP contribution in [0, 0.1) is 0 Å². The van der Waals surface area contributed by atoms with Gasteiger partial charge in [0.15, 0.2) is 11.5 Å². The Bertz CT molecular complexity index is 812. The van der Waals surface area contributed by atoms with E-state index in [4.69, 9.17) is 16.1 Å². The van der Waals surface area contributed by atoms with Crippen molar-refractivity contribution < 1.29 is 14.4 Å². The smallest absolute Gasteiger partial charge is 0.277 e. The lowest BCUT2D eigenvalue weighted by Crippen LogP contribution is -2.11. The number of carbonyl (C=O) groups is 1. The average Bonchev–Trinajstić information content (AvgIpc) is 2.98. The van der Waals surface area contributed by atoms with Crippen molar-refractivity contribution in [1.82, 2.24) is 5.16 Å². The highest BCUT2D eigenvalue weighted by molar-refractivity contribution is 6.30. The molecule has 22 heavy (non-hydrogen) atoms. The van der Waals surface area contributed by atoms with E-state index < -0.39 is 5.91 Å². The minimum atomic E-state index is -0.422. The number of anilines is 1. The van der Waals surface area contributed by atoms with E-state index in [9.17, 15) is 9.90 Å². The third-order valence-corrected chi connectivity index (χ3v) is 3.23. The Kier molecular flexibility index (Phi) is 3.80. The minimum absolute atomic E-state index is 0.0693. The van der Waals surface area contributed by atoms with Gasteiger partial charge in [-0.05, 0) is 36.4 Å². The minimum Gasteiger partial charge on any atom is -0.508 e. The van der Waals surface area contributed by atoms with Crippen LogP contribution in [0.15, 0.2) is 59.1 Å². The van der Waals surface area contributed by atoms with Gasteiger partial charge in [-0.15, -0.1) is 0 Å². The van der Waals surface area contributed by atoms with E-state index in [1.807, 2.05) is 0 Å². The summed E-state index contributed by atoms with van der Waals surface area (Å²) in [7, 11) is 0. The number of aromatic nitrogens is 1. The molecule has 1 aromatic heterocycles. The quantitative estimate of drug-likeness (QED) is 0.767. The number of benzene rings is 2. The van der Waals surface area contributed by atoms with Crippen molar-refractivity contribution in [2.75, 3.05) is 5.32 Å². The van der Waals surface area contributed by atoms with Crippen LogP contribution >= 0.6 is 11.6 Å². The third-order valence-electron chi connectivity index (χ3n) is 2.98. The van der Waals surface area contributed by atoms with Gasteiger partial charge in [0.25, 0.3) is 5.91 Å². The zero-order valence-electron chi connectivity index (χ0n) is 11.3. The van der Waals surface area contributed by atoms with Crippen LogP contribution in [-0.2, 0) is 0 Å². The number of carbonyl (C=O) groups excluding carboxylic acids is 1. The van der Waals surface area contributed by atoms with Gasteiger partial charge in [0.05, 0.1) is 0 Å². The summed E-state index contributed by atoms with van der Waals surface area (Å²) in [5.74, 6) is 0.118. The number of hydrogen-bond acceptors (Lipinski definition) is 4. The molecule has 110 valence electrons. The molecule has 6 heteroatoms. The fourth-order valence-corrected chi connectivity index (χ4v) is 2.04. The molecular weight excluding hydrogens is 304 g/mol. The number of phenols is 1. The van der Waals surface area contributed by atoms with Crippen molar-refractivity contribution in [3.05, 3.63) is 65.3 Å². The molecule has 2 aromatic carbocycles. The largest absolute Gasteiger partial charge is 0.508 e. The molecule has 0 aliphatic heterocycles. The summed E-state index contributed by atoms with van der Waals surface area (Å²) in [6, 6.07) is 14.8. The normalized spacial score (nSPS) is 10.4. The Morgan fingerprint density at radius 1 is 1.14 bits per heavy atom. The van der Waals surface area contributed by atoms with Crippen LogP contribution in [0.25, 0.3) is 11.3 Å². The van der Waals surface area contributed by atoms with Crippen molar-refractivity contribution in [3.8, 4) is 17.1 Å². The fourth-order valence-electron chi connectivity index (χ4n) is 1.91. The Morgan fingerprint density at radius 2 is 1.91 bits per heavy atom. The maximum Gasteiger partial charge on any atom is 0.277 e. The summed E-state index contributed by atoms with van der Waals surface area (Å²) >= 11 is 5.83. The van der Waals surface area contributed by atoms with E-state index in [1.54, 1.807) is 42.5 Å². The highest BCUT2D eigenvalue weighted by Gasteiger charge is 2.14. The van der Waals surface area contributed by atoms with Crippen molar-refractivity contribution in [2.45, 2.75) is 0 Å². The van der Waals surface area contributed by atoms with E-state index in [0.717, 1.165) is 5.56 Å². The number of rotatable bonds is 3. The number of amides is 1. The van der Waals surface area contributed by atoms with Gasteiger partial charge in [0, 0.05) is 28.4 Å². The summed E-state index contributed by atoms with van der Waals surface area (Å²) in [6.07, 6.45) is 0. The Balaban J connectivity index is 1.78. The monoisotopic (exact) mass is 314 g/mol. The predicted octanol–water partition coefficient (Wildman–Crippen LogP) is 3.95. The van der Waals surface area contributed by atoms with Crippen molar-refractivity contribution >= 4 is 23.2 Å². The summed E-state index contributed by atoms with van der Waals surface area (Å²) in [6.45, 7) is 0. The number of nitrogens with one attached hydrogen (secondary N) is 1. The summed E-state index contributed by atoms with van der Waals surface area (Å²) in [5.41, 5.74) is 1.39. The molecule has 3 rings (SSSR count). The van der Waals surface area contributed by atoms with Crippen molar-refractivity contribution in [2.24, 2.45) is 0 Å². The molecule has 0 aliphatic carbocycles. The molecule has 0 radical (unpaired) electrons. The third kappa shape index (κ3) is 3.10. The number of aromatic hydroxyl groups is 1. The van der Waals surface area contributed by atoms with E-state index in [1.165, 1.54) is 12.1 Å². The first-order chi connectivity index (χ1) is 10.6. The standard InChI is InChI=1S/C16H11ClN2O3/c17-11-6-4-10(5-7-11)15-9-14(19-22-15)16(21)18-12-2-1-3-13(20)8-12/h1-9,20H,(H,18,21). The summed E-state index contributed by atoms with van der Waals surface area (Å²) in [5, 5.41) is 16.4. The number of hydrogen-bond donors (Lipinski definition) is 2. The first-order valence-corrected chi connectivity index (χ1v) is 6.83. The van der Waals surface area contributed by atoms with Crippen LogP contribution in [0.4, 0.5) is 5.69 Å². The maximum atomic E-state index is 12.1. The second-order valence-electron chi connectivity index (χ2n) is 4.59. The van der Waals surface area contributed by atoms with Gasteiger partial charge in [-0.25, -0.2) is 0 Å². The Morgan fingerprint density at radius 3 is 2.64 bits per heavy atom. The summed E-state index contributed by atoms with van der Waals surface area (Å²) < 4.78 is 5.17. The SMILES string of the molecule is O=C(Nc1cccc(O)c1)c1cc(-c2ccc(Cl)cc2)on1. The predicted molar refractivity (Wildman–Crippen MR) is 83.0 cm³/mol. The lowest BCUT2D eigenvalue weighted by atomic mass is 10.1. The number of nitrogens with zero attached hydrogens (tertiary/aromatic N) is 1. The van der Waals surface area contributed by atoms with E-state index in [0.29, 0.717) is 16.5 Å². The molecule has 0 spiro atoms. The van der Waals surface area contributed by atoms with E-state index in [2.05, 4.69) is 10.5 Å². The lowest BCUT2D eigenvalue weighted by molar-refractivity contribution is 0.101. The van der Waals surface area contributed by atoms with Crippen LogP contribution < -0.4 is 5.32 Å². The van der Waals surface area contributed by atoms with Gasteiger partial charge in [-0.3, -0.25) is 4.79 Å². The van der Waals surface area contributed by atoms with Crippen LogP contribution in [-0.4, -0.2) is 16.2 Å². The first kappa shape index (κ1) is 14.2. The maximum absolute atomic E-state index is 12.1. The fraction of sp³-hybridized carbons (Fsp3) is 0. The lowest BCUT2D eigenvalue weighted by Gasteiger charge is -2.02. The molecule has 0 unspecified atom stereocenters. The van der Waals surface area contributed by atoms with Gasteiger partial charge in [0.2, 0.25) is 0 Å². The van der Waals surface area contributed by atoms with Crippen LogP contribution in [0.3, 0.4) is 0 Å². The molecule has 3 aromatic rings.